The van der Waals surface area contributed by atoms with Crippen molar-refractivity contribution in [2.75, 3.05) is 33.9 Å². The molecule has 7 bridgehead atoms. The summed E-state index contributed by atoms with van der Waals surface area (Å²) in [5.41, 5.74) is -1.20. The van der Waals surface area contributed by atoms with Crippen LogP contribution in [0.25, 0.3) is 0 Å². The molecular formula is C25H39NO6. The van der Waals surface area contributed by atoms with Gasteiger partial charge in [0.05, 0.1) is 24.4 Å². The van der Waals surface area contributed by atoms with Crippen LogP contribution >= 0.6 is 0 Å². The molecule has 32 heavy (non-hydrogen) atoms. The third-order valence-corrected chi connectivity index (χ3v) is 11.2. The quantitative estimate of drug-likeness (QED) is 0.614. The molecule has 1 heterocycles. The number of rotatable bonds is 5. The van der Waals surface area contributed by atoms with E-state index in [2.05, 4.69) is 11.8 Å². The molecule has 2 N–H and O–H groups in total. The zero-order valence-electron chi connectivity index (χ0n) is 19.8. The van der Waals surface area contributed by atoms with E-state index in [-0.39, 0.29) is 58.7 Å². The van der Waals surface area contributed by atoms with Crippen molar-refractivity contribution in [3.8, 4) is 0 Å². The van der Waals surface area contributed by atoms with Gasteiger partial charge in [0, 0.05) is 68.7 Å². The van der Waals surface area contributed by atoms with Crippen LogP contribution in [0.4, 0.5) is 0 Å². The summed E-state index contributed by atoms with van der Waals surface area (Å²) < 4.78 is 17.7. The van der Waals surface area contributed by atoms with Crippen molar-refractivity contribution in [3.05, 3.63) is 0 Å². The van der Waals surface area contributed by atoms with E-state index >= 15 is 0 Å². The van der Waals surface area contributed by atoms with Crippen molar-refractivity contribution in [2.24, 2.45) is 40.4 Å². The highest BCUT2D eigenvalue weighted by Crippen LogP contribution is 2.79. The normalized spacial score (nSPS) is 57.5. The number of nitrogens with zero attached hydrogens (tertiary/aromatic N) is 1. The van der Waals surface area contributed by atoms with Crippen LogP contribution in [0.2, 0.25) is 0 Å². The van der Waals surface area contributed by atoms with E-state index in [0.29, 0.717) is 18.9 Å². The Bertz CT molecular complexity index is 807. The molecule has 0 aromatic heterocycles. The van der Waals surface area contributed by atoms with Crippen LogP contribution in [-0.2, 0) is 19.0 Å². The highest BCUT2D eigenvalue weighted by atomic mass is 16.5. The van der Waals surface area contributed by atoms with Crippen LogP contribution in [0.1, 0.15) is 46.0 Å². The lowest BCUT2D eigenvalue weighted by Gasteiger charge is -2.69. The molecule has 6 rings (SSSR count). The lowest BCUT2D eigenvalue weighted by Crippen LogP contribution is -2.76. The largest absolute Gasteiger partial charge is 0.462 e. The summed E-state index contributed by atoms with van der Waals surface area (Å²) in [5, 5.41) is 24.4. The van der Waals surface area contributed by atoms with E-state index in [1.165, 1.54) is 6.92 Å². The Morgan fingerprint density at radius 1 is 1.22 bits per heavy atom. The van der Waals surface area contributed by atoms with Crippen molar-refractivity contribution >= 4 is 5.97 Å². The van der Waals surface area contributed by atoms with Gasteiger partial charge in [-0.1, -0.05) is 6.92 Å². The average molecular weight is 450 g/mol. The fraction of sp³-hybridized carbons (Fsp3) is 0.960. The van der Waals surface area contributed by atoms with Crippen LogP contribution in [0, 0.1) is 40.4 Å². The number of likely N-dealkylation sites (tertiary alicyclic amines) is 1. The molecule has 0 radical (unpaired) electrons. The number of hydrogen-bond acceptors (Lipinski definition) is 7. The highest BCUT2D eigenvalue weighted by molar-refractivity contribution is 5.66. The minimum atomic E-state index is -0.942. The molecule has 180 valence electrons. The van der Waals surface area contributed by atoms with Gasteiger partial charge in [-0.05, 0) is 44.1 Å². The third-order valence-electron chi connectivity index (χ3n) is 11.2. The second kappa shape index (κ2) is 6.91. The van der Waals surface area contributed by atoms with E-state index < -0.39 is 11.7 Å². The van der Waals surface area contributed by atoms with Gasteiger partial charge in [-0.15, -0.1) is 0 Å². The number of ether oxygens (including phenoxy) is 3. The summed E-state index contributed by atoms with van der Waals surface area (Å²) in [6.45, 7) is 6.27. The molecule has 7 nitrogen and oxygen atoms in total. The predicted molar refractivity (Wildman–Crippen MR) is 116 cm³/mol. The second-order valence-corrected chi connectivity index (χ2v) is 11.8. The topological polar surface area (TPSA) is 88.5 Å². The number of esters is 1. The Morgan fingerprint density at radius 2 is 2.00 bits per heavy atom. The first-order valence-corrected chi connectivity index (χ1v) is 12.6. The van der Waals surface area contributed by atoms with Crippen molar-refractivity contribution in [3.63, 3.8) is 0 Å². The van der Waals surface area contributed by atoms with Crippen molar-refractivity contribution in [1.82, 2.24) is 4.90 Å². The fourth-order valence-electron chi connectivity index (χ4n) is 10.7. The lowest BCUT2D eigenvalue weighted by molar-refractivity contribution is -0.274. The molecule has 5 aliphatic carbocycles. The molecule has 3 unspecified atom stereocenters. The van der Waals surface area contributed by atoms with Gasteiger partial charge in [0.25, 0.3) is 0 Å². The molecule has 0 aromatic carbocycles. The first-order chi connectivity index (χ1) is 15.3. The molecule has 6 aliphatic rings. The Balaban J connectivity index is 1.56. The number of methoxy groups -OCH3 is 2. The Labute approximate surface area is 190 Å². The van der Waals surface area contributed by atoms with Gasteiger partial charge < -0.3 is 24.4 Å². The molecule has 0 amide bonds. The van der Waals surface area contributed by atoms with E-state index in [1.807, 2.05) is 0 Å². The van der Waals surface area contributed by atoms with Gasteiger partial charge in [-0.25, -0.2) is 0 Å². The summed E-state index contributed by atoms with van der Waals surface area (Å²) in [6, 6.07) is 0.163. The molecule has 0 aromatic rings. The number of carbonyl (C=O) groups is 1. The van der Waals surface area contributed by atoms with E-state index in [4.69, 9.17) is 14.2 Å². The average Bonchev–Trinajstić information content (AvgIpc) is 3.20. The molecular weight excluding hydrogens is 410 g/mol. The molecule has 5 saturated carbocycles. The zero-order chi connectivity index (χ0) is 22.6. The molecule has 12 atom stereocenters. The lowest BCUT2D eigenvalue weighted by atomic mass is 9.43. The summed E-state index contributed by atoms with van der Waals surface area (Å²) >= 11 is 0. The third kappa shape index (κ3) is 2.28. The van der Waals surface area contributed by atoms with E-state index in [1.54, 1.807) is 14.2 Å². The Morgan fingerprint density at radius 3 is 2.66 bits per heavy atom. The van der Waals surface area contributed by atoms with Gasteiger partial charge in [-0.2, -0.15) is 0 Å². The fourth-order valence-corrected chi connectivity index (χ4v) is 10.7. The minimum absolute atomic E-state index is 0.0138. The summed E-state index contributed by atoms with van der Waals surface area (Å²) in [7, 11) is 3.51. The first kappa shape index (κ1) is 21.8. The molecule has 6 fully saturated rings. The van der Waals surface area contributed by atoms with Crippen molar-refractivity contribution < 1.29 is 29.2 Å². The first-order valence-electron chi connectivity index (χ1n) is 12.6. The maximum absolute atomic E-state index is 12.5. The van der Waals surface area contributed by atoms with Crippen LogP contribution in [0.15, 0.2) is 0 Å². The Kier molecular flexibility index (Phi) is 4.70. The molecule has 1 spiro atoms. The van der Waals surface area contributed by atoms with Crippen LogP contribution in [-0.4, -0.2) is 85.0 Å². The summed E-state index contributed by atoms with van der Waals surface area (Å²) in [6.07, 6.45) is 3.27. The number of carbonyl (C=O) groups excluding carboxylic acids is 1. The second-order valence-electron chi connectivity index (χ2n) is 11.8. The number of aliphatic hydroxyl groups is 2. The van der Waals surface area contributed by atoms with E-state index in [0.717, 1.165) is 38.8 Å². The number of hydrogen-bond donors (Lipinski definition) is 2. The standard InChI is InChI=1S/C25H39NO6/c1-5-26-11-23(12-30-3)7-6-19(28)25-15-8-14-17(31-4)10-24(29,16(22(25)26)9-18(23)25)20(15)21(14)32-13(2)27/h14-22,28-29H,5-12H2,1-4H3/t14-,15?,16+,17-,18?,19-,20?,21-,22+,23-,24-,25-/m1/s1. The molecule has 1 aliphatic heterocycles. The monoisotopic (exact) mass is 449 g/mol. The summed E-state index contributed by atoms with van der Waals surface area (Å²) in [4.78, 5) is 14.7. The van der Waals surface area contributed by atoms with Gasteiger partial charge in [-0.3, -0.25) is 9.69 Å². The number of aliphatic hydroxyl groups excluding tert-OH is 1. The van der Waals surface area contributed by atoms with Gasteiger partial charge in [0.1, 0.15) is 6.10 Å². The maximum atomic E-state index is 12.5. The smallest absolute Gasteiger partial charge is 0.302 e. The van der Waals surface area contributed by atoms with Crippen molar-refractivity contribution in [2.45, 2.75) is 75.9 Å². The molecule has 7 heteroatoms. The highest BCUT2D eigenvalue weighted by Gasteiger charge is 2.83. The number of fused-ring (bicyclic) bond motifs is 2. The van der Waals surface area contributed by atoms with Gasteiger partial charge in [0.2, 0.25) is 0 Å². The van der Waals surface area contributed by atoms with E-state index in [9.17, 15) is 15.0 Å². The van der Waals surface area contributed by atoms with Gasteiger partial charge in [0.15, 0.2) is 0 Å². The van der Waals surface area contributed by atoms with Gasteiger partial charge >= 0.3 is 5.97 Å². The Hall–Kier alpha value is -0.730. The SMILES string of the molecule is CCN1C[C@@]2(COC)CC[C@@H](O)[C@@]34C5C[C@@H]6[C@H](OC)C[C@](O)(C5[C@@H]6OC(C)=O)[C@@H](CC23)[C@H]14. The number of piperidine rings is 1. The van der Waals surface area contributed by atoms with Crippen LogP contribution < -0.4 is 0 Å². The molecule has 1 saturated heterocycles. The predicted octanol–water partition coefficient (Wildman–Crippen LogP) is 1.45. The van der Waals surface area contributed by atoms with Crippen LogP contribution in [0.5, 0.6) is 0 Å². The minimum Gasteiger partial charge on any atom is -0.462 e. The van der Waals surface area contributed by atoms with Crippen LogP contribution in [0.3, 0.4) is 0 Å². The zero-order valence-corrected chi connectivity index (χ0v) is 19.8. The van der Waals surface area contributed by atoms with Crippen molar-refractivity contribution in [1.29, 1.82) is 0 Å². The maximum Gasteiger partial charge on any atom is 0.302 e. The summed E-state index contributed by atoms with van der Waals surface area (Å²) in [5.74, 6) is 0.164.